The Kier molecular flexibility index (Phi) is 5.75. The fourth-order valence-electron chi connectivity index (χ4n) is 2.26. The molecule has 0 aromatic heterocycles. The van der Waals surface area contributed by atoms with Crippen LogP contribution < -0.4 is 4.74 Å². The van der Waals surface area contributed by atoms with Gasteiger partial charge in [-0.05, 0) is 71.0 Å². The number of carbonyl (C=O) groups is 1. The molecule has 2 aromatic carbocycles. The van der Waals surface area contributed by atoms with Crippen LogP contribution in [0.1, 0.15) is 24.5 Å². The molecule has 1 aliphatic heterocycles. The molecule has 0 N–H and O–H groups in total. The van der Waals surface area contributed by atoms with Crippen molar-refractivity contribution in [2.75, 3.05) is 6.61 Å². The smallest absolute Gasteiger partial charge is 0.363 e. The maximum absolute atomic E-state index is 12.1. The highest BCUT2D eigenvalue weighted by Gasteiger charge is 2.25. The minimum absolute atomic E-state index is 0.221. The number of ether oxygens (including phenoxy) is 2. The molecule has 128 valence electrons. The van der Waals surface area contributed by atoms with Gasteiger partial charge in [0.2, 0.25) is 5.90 Å². The molecule has 6 heteroatoms. The summed E-state index contributed by atoms with van der Waals surface area (Å²) in [6.07, 6.45) is 2.61. The summed E-state index contributed by atoms with van der Waals surface area (Å²) in [5.74, 6) is 0.482. The van der Waals surface area contributed by atoms with Gasteiger partial charge in [-0.1, -0.05) is 30.7 Å². The predicted octanol–water partition coefficient (Wildman–Crippen LogP) is 5.08. The highest BCUT2D eigenvalue weighted by Crippen LogP contribution is 2.26. The van der Waals surface area contributed by atoms with E-state index in [9.17, 15) is 4.79 Å². The summed E-state index contributed by atoms with van der Waals surface area (Å²) in [6.45, 7) is 2.70. The first-order valence-electron chi connectivity index (χ1n) is 7.77. The van der Waals surface area contributed by atoms with E-state index in [1.165, 1.54) is 0 Å². The molecular formula is C19H15ClINO3. The number of hydrogen-bond donors (Lipinski definition) is 0. The van der Waals surface area contributed by atoms with Crippen LogP contribution in [-0.2, 0) is 9.53 Å². The Hall–Kier alpha value is -1.86. The topological polar surface area (TPSA) is 47.9 Å². The van der Waals surface area contributed by atoms with Gasteiger partial charge in [-0.15, -0.1) is 0 Å². The molecule has 4 nitrogen and oxygen atoms in total. The predicted molar refractivity (Wildman–Crippen MR) is 107 cm³/mol. The van der Waals surface area contributed by atoms with Crippen molar-refractivity contribution in [3.63, 3.8) is 0 Å². The van der Waals surface area contributed by atoms with E-state index in [-0.39, 0.29) is 11.6 Å². The van der Waals surface area contributed by atoms with E-state index in [0.717, 1.165) is 21.3 Å². The third kappa shape index (κ3) is 4.41. The maximum atomic E-state index is 12.1. The number of esters is 1. The van der Waals surface area contributed by atoms with Gasteiger partial charge in [-0.2, -0.15) is 0 Å². The molecule has 0 fully saturated rings. The molecule has 1 aliphatic rings. The Labute approximate surface area is 164 Å². The molecule has 0 amide bonds. The maximum Gasteiger partial charge on any atom is 0.363 e. The van der Waals surface area contributed by atoms with Gasteiger partial charge in [-0.3, -0.25) is 0 Å². The van der Waals surface area contributed by atoms with Crippen molar-refractivity contribution in [1.82, 2.24) is 0 Å². The van der Waals surface area contributed by atoms with Crippen LogP contribution in [-0.4, -0.2) is 18.5 Å². The fraction of sp³-hybridized carbons (Fsp3) is 0.158. The van der Waals surface area contributed by atoms with Crippen molar-refractivity contribution in [3.8, 4) is 5.75 Å². The van der Waals surface area contributed by atoms with Crippen molar-refractivity contribution in [2.45, 2.75) is 13.3 Å². The number of aliphatic imine (C=N–C) groups is 1. The largest absolute Gasteiger partial charge is 0.494 e. The third-order valence-electron chi connectivity index (χ3n) is 3.41. The quantitative estimate of drug-likeness (QED) is 0.350. The Balaban J connectivity index is 1.90. The van der Waals surface area contributed by atoms with Crippen LogP contribution in [0.15, 0.2) is 53.2 Å². The van der Waals surface area contributed by atoms with E-state index in [1.54, 1.807) is 12.1 Å². The molecule has 0 atom stereocenters. The number of cyclic esters (lactones) is 1. The second kappa shape index (κ2) is 8.01. The van der Waals surface area contributed by atoms with E-state index in [4.69, 9.17) is 21.1 Å². The number of hydrogen-bond acceptors (Lipinski definition) is 4. The molecule has 0 saturated carbocycles. The second-order valence-electron chi connectivity index (χ2n) is 5.38. The van der Waals surface area contributed by atoms with Crippen LogP contribution >= 0.6 is 34.2 Å². The lowest BCUT2D eigenvalue weighted by molar-refractivity contribution is -0.129. The summed E-state index contributed by atoms with van der Waals surface area (Å²) in [5.41, 5.74) is 1.65. The van der Waals surface area contributed by atoms with Gasteiger partial charge in [0.25, 0.3) is 0 Å². The van der Waals surface area contributed by atoms with E-state index < -0.39 is 5.97 Å². The molecule has 2 aromatic rings. The SMILES string of the molecule is CCCOc1cccc(/C=C2\N=C(c3cc(I)ccc3Cl)OC2=O)c1. The standard InChI is InChI=1S/C19H15ClINO3/c1-2-8-24-14-5-3-4-12(9-14)10-17-19(23)25-18(22-17)15-11-13(21)6-7-16(15)20/h3-7,9-11H,2,8H2,1H3/b17-10-. The normalized spacial score (nSPS) is 15.2. The molecule has 0 bridgehead atoms. The van der Waals surface area contributed by atoms with E-state index in [1.807, 2.05) is 43.3 Å². The van der Waals surface area contributed by atoms with Gasteiger partial charge in [0.05, 0.1) is 17.2 Å². The van der Waals surface area contributed by atoms with Crippen molar-refractivity contribution < 1.29 is 14.3 Å². The van der Waals surface area contributed by atoms with Crippen molar-refractivity contribution >= 4 is 52.1 Å². The number of halogens is 2. The third-order valence-corrected chi connectivity index (χ3v) is 4.41. The van der Waals surface area contributed by atoms with Crippen molar-refractivity contribution in [1.29, 1.82) is 0 Å². The van der Waals surface area contributed by atoms with Gasteiger partial charge < -0.3 is 9.47 Å². The van der Waals surface area contributed by atoms with Gasteiger partial charge in [0.15, 0.2) is 5.70 Å². The first-order chi connectivity index (χ1) is 12.1. The highest BCUT2D eigenvalue weighted by atomic mass is 127. The monoisotopic (exact) mass is 467 g/mol. The van der Waals surface area contributed by atoms with Gasteiger partial charge >= 0.3 is 5.97 Å². The lowest BCUT2D eigenvalue weighted by atomic mass is 10.2. The average Bonchev–Trinajstić information content (AvgIpc) is 2.96. The highest BCUT2D eigenvalue weighted by molar-refractivity contribution is 14.1. The number of benzene rings is 2. The molecule has 0 aliphatic carbocycles. The molecule has 25 heavy (non-hydrogen) atoms. The lowest BCUT2D eigenvalue weighted by Crippen LogP contribution is -2.06. The van der Waals surface area contributed by atoms with Crippen LogP contribution in [0.25, 0.3) is 6.08 Å². The van der Waals surface area contributed by atoms with Crippen LogP contribution in [0.5, 0.6) is 5.75 Å². The van der Waals surface area contributed by atoms with Gasteiger partial charge in [0.1, 0.15) is 5.75 Å². The Bertz CT molecular complexity index is 877. The van der Waals surface area contributed by atoms with Crippen LogP contribution in [0.4, 0.5) is 0 Å². The first-order valence-corrected chi connectivity index (χ1v) is 9.23. The summed E-state index contributed by atoms with van der Waals surface area (Å²) in [7, 11) is 0. The minimum Gasteiger partial charge on any atom is -0.494 e. The number of nitrogens with zero attached hydrogens (tertiary/aromatic N) is 1. The zero-order chi connectivity index (χ0) is 17.8. The number of rotatable bonds is 5. The van der Waals surface area contributed by atoms with E-state index in [2.05, 4.69) is 27.6 Å². The molecule has 0 radical (unpaired) electrons. The molecule has 3 rings (SSSR count). The first kappa shape index (κ1) is 17.9. The molecule has 0 saturated heterocycles. The summed E-state index contributed by atoms with van der Waals surface area (Å²) in [5, 5.41) is 0.489. The van der Waals surface area contributed by atoms with Crippen molar-refractivity contribution in [2.24, 2.45) is 4.99 Å². The zero-order valence-corrected chi connectivity index (χ0v) is 16.4. The van der Waals surface area contributed by atoms with Gasteiger partial charge in [0, 0.05) is 3.57 Å². The Morgan fingerprint density at radius 3 is 2.92 bits per heavy atom. The fourth-order valence-corrected chi connectivity index (χ4v) is 2.95. The van der Waals surface area contributed by atoms with Gasteiger partial charge in [-0.25, -0.2) is 9.79 Å². The second-order valence-corrected chi connectivity index (χ2v) is 7.03. The van der Waals surface area contributed by atoms with Crippen LogP contribution in [0, 0.1) is 3.57 Å². The van der Waals surface area contributed by atoms with E-state index in [0.29, 0.717) is 17.2 Å². The summed E-state index contributed by atoms with van der Waals surface area (Å²) in [6, 6.07) is 13.0. The molecule has 0 spiro atoms. The summed E-state index contributed by atoms with van der Waals surface area (Å²) >= 11 is 8.36. The van der Waals surface area contributed by atoms with Crippen LogP contribution in [0.2, 0.25) is 5.02 Å². The minimum atomic E-state index is -0.496. The van der Waals surface area contributed by atoms with E-state index >= 15 is 0 Å². The number of carbonyl (C=O) groups excluding carboxylic acids is 1. The summed E-state index contributed by atoms with van der Waals surface area (Å²) in [4.78, 5) is 16.4. The molecule has 0 unspecified atom stereocenters. The molecular weight excluding hydrogens is 453 g/mol. The zero-order valence-electron chi connectivity index (χ0n) is 13.5. The Morgan fingerprint density at radius 1 is 1.28 bits per heavy atom. The Morgan fingerprint density at radius 2 is 2.12 bits per heavy atom. The van der Waals surface area contributed by atoms with Crippen molar-refractivity contribution in [3.05, 3.63) is 67.9 Å². The van der Waals surface area contributed by atoms with Crippen LogP contribution in [0.3, 0.4) is 0 Å². The average molecular weight is 468 g/mol. The molecule has 1 heterocycles. The lowest BCUT2D eigenvalue weighted by Gasteiger charge is -2.04. The summed E-state index contributed by atoms with van der Waals surface area (Å²) < 4.78 is 11.9.